The zero-order chi connectivity index (χ0) is 12.1. The van der Waals surface area contributed by atoms with Gasteiger partial charge in [-0.3, -0.25) is 0 Å². The predicted octanol–water partition coefficient (Wildman–Crippen LogP) is 4.71. The molecule has 1 aliphatic rings. The van der Waals surface area contributed by atoms with Crippen molar-refractivity contribution in [2.45, 2.75) is 32.1 Å². The van der Waals surface area contributed by atoms with Crippen molar-refractivity contribution in [3.8, 4) is 5.75 Å². The third-order valence-electron chi connectivity index (χ3n) is 3.62. The molecule has 1 aromatic carbocycles. The molecule has 1 aromatic rings. The fraction of sp³-hybridized carbons (Fsp3) is 0.571. The van der Waals surface area contributed by atoms with Crippen LogP contribution >= 0.6 is 28.6 Å². The molecule has 0 heterocycles. The quantitative estimate of drug-likeness (QED) is 0.792. The van der Waals surface area contributed by atoms with Gasteiger partial charge >= 0.3 is 0 Å². The minimum Gasteiger partial charge on any atom is -0.492 e. The molecule has 0 radical (unpaired) electrons. The van der Waals surface area contributed by atoms with Gasteiger partial charge in [-0.05, 0) is 46.7 Å². The van der Waals surface area contributed by atoms with E-state index in [0.717, 1.165) is 22.6 Å². The molecule has 0 N–H and O–H groups in total. The van der Waals surface area contributed by atoms with E-state index in [0.29, 0.717) is 0 Å². The van der Waals surface area contributed by atoms with Gasteiger partial charge in [0.15, 0.2) is 0 Å². The topological polar surface area (TPSA) is 9.23 Å². The lowest BCUT2D eigenvalue weighted by Crippen LogP contribution is -2.33. The van der Waals surface area contributed by atoms with Gasteiger partial charge in [0, 0.05) is 5.41 Å². The summed E-state index contributed by atoms with van der Waals surface area (Å²) in [5.41, 5.74) is 0.288. The summed E-state index contributed by atoms with van der Waals surface area (Å²) in [7, 11) is 0. The summed E-state index contributed by atoms with van der Waals surface area (Å²) in [6.45, 7) is 0.791. The Morgan fingerprint density at radius 2 is 1.88 bits per heavy atom. The number of para-hydroxylation sites is 1. The van der Waals surface area contributed by atoms with E-state index in [-0.39, 0.29) is 5.41 Å². The molecule has 1 fully saturated rings. The van der Waals surface area contributed by atoms with Gasteiger partial charge in [0.2, 0.25) is 0 Å². The first-order chi connectivity index (χ1) is 8.26. The van der Waals surface area contributed by atoms with Gasteiger partial charge in [-0.15, -0.1) is 0 Å². The highest BCUT2D eigenvalue weighted by molar-refractivity contribution is 9.10. The molecule has 0 amide bonds. The fourth-order valence-electron chi connectivity index (χ4n) is 2.44. The molecule has 1 nitrogen and oxygen atoms in total. The second kappa shape index (κ2) is 6.14. The molecule has 2 rings (SSSR count). The maximum absolute atomic E-state index is 5.97. The van der Waals surface area contributed by atoms with E-state index in [1.807, 2.05) is 24.3 Å². The van der Waals surface area contributed by atoms with E-state index >= 15 is 0 Å². The van der Waals surface area contributed by atoms with Gasteiger partial charge in [0.05, 0.1) is 11.1 Å². The number of halogens is 1. The highest BCUT2D eigenvalue weighted by Crippen LogP contribution is 2.38. The van der Waals surface area contributed by atoms with E-state index in [4.69, 9.17) is 4.74 Å². The summed E-state index contributed by atoms with van der Waals surface area (Å²) in [5, 5.41) is 0. The Balaban J connectivity index is 1.98. The van der Waals surface area contributed by atoms with E-state index in [1.165, 1.54) is 32.1 Å². The summed E-state index contributed by atoms with van der Waals surface area (Å²) >= 11 is 8.05. The van der Waals surface area contributed by atoms with Crippen molar-refractivity contribution in [1.29, 1.82) is 0 Å². The molecule has 94 valence electrons. The van der Waals surface area contributed by atoms with Crippen molar-refractivity contribution in [3.63, 3.8) is 0 Å². The first-order valence-corrected chi connectivity index (χ1v) is 7.67. The van der Waals surface area contributed by atoms with Crippen molar-refractivity contribution >= 4 is 28.6 Å². The normalized spacial score (nSPS) is 18.9. The van der Waals surface area contributed by atoms with Gasteiger partial charge < -0.3 is 4.74 Å². The minimum atomic E-state index is 0.288. The molecule has 0 spiro atoms. The number of benzene rings is 1. The molecule has 3 heteroatoms. The summed E-state index contributed by atoms with van der Waals surface area (Å²) in [5.74, 6) is 1.87. The van der Waals surface area contributed by atoms with Crippen LogP contribution in [0.25, 0.3) is 0 Å². The fourth-order valence-corrected chi connectivity index (χ4v) is 3.25. The second-order valence-corrected chi connectivity index (χ2v) is 6.11. The minimum absolute atomic E-state index is 0.288. The second-order valence-electron chi connectivity index (χ2n) is 4.94. The van der Waals surface area contributed by atoms with Crippen molar-refractivity contribution in [3.05, 3.63) is 28.7 Å². The van der Waals surface area contributed by atoms with Crippen molar-refractivity contribution in [2.75, 3.05) is 12.4 Å². The molecular formula is C14H19BrOS. The maximum atomic E-state index is 5.97. The molecule has 0 bridgehead atoms. The van der Waals surface area contributed by atoms with Crippen LogP contribution < -0.4 is 4.74 Å². The molecule has 0 aliphatic heterocycles. The Morgan fingerprint density at radius 3 is 2.53 bits per heavy atom. The summed E-state index contributed by atoms with van der Waals surface area (Å²) in [6, 6.07) is 8.04. The van der Waals surface area contributed by atoms with E-state index < -0.39 is 0 Å². The highest BCUT2D eigenvalue weighted by Gasteiger charge is 2.31. The Labute approximate surface area is 117 Å². The zero-order valence-electron chi connectivity index (χ0n) is 9.99. The summed E-state index contributed by atoms with van der Waals surface area (Å²) in [4.78, 5) is 0. The average molecular weight is 315 g/mol. The maximum Gasteiger partial charge on any atom is 0.133 e. The van der Waals surface area contributed by atoms with Crippen LogP contribution in [0.3, 0.4) is 0 Å². The van der Waals surface area contributed by atoms with Crippen LogP contribution in [0.15, 0.2) is 28.7 Å². The molecule has 0 atom stereocenters. The summed E-state index contributed by atoms with van der Waals surface area (Å²) < 4.78 is 7.01. The molecule has 0 saturated heterocycles. The van der Waals surface area contributed by atoms with Gasteiger partial charge in [0.1, 0.15) is 5.75 Å². The van der Waals surface area contributed by atoms with Crippen LogP contribution in [-0.4, -0.2) is 12.4 Å². The van der Waals surface area contributed by atoms with Crippen molar-refractivity contribution in [1.82, 2.24) is 0 Å². The van der Waals surface area contributed by atoms with Crippen molar-refractivity contribution < 1.29 is 4.74 Å². The van der Waals surface area contributed by atoms with Crippen LogP contribution in [0.2, 0.25) is 0 Å². The smallest absolute Gasteiger partial charge is 0.133 e. The molecular weight excluding hydrogens is 296 g/mol. The first-order valence-electron chi connectivity index (χ1n) is 6.24. The number of thiol groups is 1. The van der Waals surface area contributed by atoms with Crippen LogP contribution in [0, 0.1) is 5.41 Å². The van der Waals surface area contributed by atoms with E-state index in [9.17, 15) is 0 Å². The third kappa shape index (κ3) is 3.41. The lowest BCUT2D eigenvalue weighted by Gasteiger charge is -2.35. The van der Waals surface area contributed by atoms with Crippen LogP contribution in [0.5, 0.6) is 5.75 Å². The Hall–Kier alpha value is -0.150. The number of rotatable bonds is 4. The van der Waals surface area contributed by atoms with Gasteiger partial charge in [0.25, 0.3) is 0 Å². The molecule has 0 unspecified atom stereocenters. The standard InChI is InChI=1S/C14H19BrOS/c15-12-6-2-3-7-13(12)16-10-14(11-17)8-4-1-5-9-14/h2-3,6-7,17H,1,4-5,8-11H2. The van der Waals surface area contributed by atoms with Crippen molar-refractivity contribution in [2.24, 2.45) is 5.41 Å². The zero-order valence-corrected chi connectivity index (χ0v) is 12.5. The monoisotopic (exact) mass is 314 g/mol. The van der Waals surface area contributed by atoms with Gasteiger partial charge in [-0.1, -0.05) is 31.4 Å². The number of ether oxygens (including phenoxy) is 1. The lowest BCUT2D eigenvalue weighted by atomic mass is 9.76. The van der Waals surface area contributed by atoms with Gasteiger partial charge in [-0.25, -0.2) is 0 Å². The number of hydrogen-bond acceptors (Lipinski definition) is 2. The highest BCUT2D eigenvalue weighted by atomic mass is 79.9. The summed E-state index contributed by atoms with van der Waals surface area (Å²) in [6.07, 6.45) is 6.51. The molecule has 17 heavy (non-hydrogen) atoms. The van der Waals surface area contributed by atoms with E-state index in [1.54, 1.807) is 0 Å². The average Bonchev–Trinajstić information content (AvgIpc) is 2.39. The largest absolute Gasteiger partial charge is 0.492 e. The van der Waals surface area contributed by atoms with Gasteiger partial charge in [-0.2, -0.15) is 12.6 Å². The predicted molar refractivity (Wildman–Crippen MR) is 79.0 cm³/mol. The third-order valence-corrected chi connectivity index (χ3v) is 4.95. The van der Waals surface area contributed by atoms with Crippen LogP contribution in [0.4, 0.5) is 0 Å². The molecule has 1 aliphatic carbocycles. The SMILES string of the molecule is SCC1(COc2ccccc2Br)CCCCC1. The Bertz CT molecular complexity index is 361. The van der Waals surface area contributed by atoms with E-state index in [2.05, 4.69) is 28.6 Å². The van der Waals surface area contributed by atoms with Crippen LogP contribution in [-0.2, 0) is 0 Å². The first kappa shape index (κ1) is 13.3. The Kier molecular flexibility index (Phi) is 4.80. The van der Waals surface area contributed by atoms with Crippen LogP contribution in [0.1, 0.15) is 32.1 Å². The molecule has 1 saturated carbocycles. The Morgan fingerprint density at radius 1 is 1.18 bits per heavy atom. The lowest BCUT2D eigenvalue weighted by molar-refractivity contribution is 0.120. The molecule has 0 aromatic heterocycles. The number of hydrogen-bond donors (Lipinski definition) is 1.